The number of aromatic carboxylic acids is 1. The van der Waals surface area contributed by atoms with E-state index >= 15 is 0 Å². The van der Waals surface area contributed by atoms with Gasteiger partial charge in [0.25, 0.3) is 0 Å². The maximum absolute atomic E-state index is 13.1. The van der Waals surface area contributed by atoms with Gasteiger partial charge in [-0.05, 0) is 12.1 Å². The van der Waals surface area contributed by atoms with Crippen molar-refractivity contribution in [2.45, 2.75) is 0 Å². The lowest BCUT2D eigenvalue weighted by atomic mass is 9.95. The maximum Gasteiger partial charge on any atom is 0.336 e. The van der Waals surface area contributed by atoms with Crippen LogP contribution in [0, 0.1) is 0 Å². The molecule has 0 fully saturated rings. The Morgan fingerprint density at radius 2 is 1.40 bits per heavy atom. The number of carboxylic acids is 1. The Morgan fingerprint density at radius 3 is 2.00 bits per heavy atom. The minimum Gasteiger partial charge on any atom is -0.496 e. The van der Waals surface area contributed by atoms with Crippen LogP contribution in [0.4, 0.5) is 0 Å². The summed E-state index contributed by atoms with van der Waals surface area (Å²) in [6.45, 7) is 0. The molecule has 5 nitrogen and oxygen atoms in total. The largest absolute Gasteiger partial charge is 0.496 e. The van der Waals surface area contributed by atoms with Gasteiger partial charge in [0.05, 0.1) is 25.3 Å². The van der Waals surface area contributed by atoms with Crippen molar-refractivity contribution in [1.82, 2.24) is 0 Å². The van der Waals surface area contributed by atoms with E-state index < -0.39 is 11.8 Å². The molecular weight excluding hydrogens is 320 g/mol. The summed E-state index contributed by atoms with van der Waals surface area (Å²) >= 11 is 0. The SMILES string of the molecule is COc1cc(C(=O)c2ccccc2C(=O)O)c(OC)c2ccccc12. The summed E-state index contributed by atoms with van der Waals surface area (Å²) in [4.78, 5) is 24.5. The molecule has 0 aliphatic rings. The predicted octanol–water partition coefficient (Wildman–Crippen LogP) is 3.79. The maximum atomic E-state index is 13.1. The molecule has 5 heteroatoms. The summed E-state index contributed by atoms with van der Waals surface area (Å²) in [5, 5.41) is 10.9. The average Bonchev–Trinajstić information content (AvgIpc) is 2.65. The second-order valence-electron chi connectivity index (χ2n) is 5.39. The van der Waals surface area contributed by atoms with E-state index in [1.165, 1.54) is 26.4 Å². The van der Waals surface area contributed by atoms with Crippen LogP contribution in [0.25, 0.3) is 10.8 Å². The molecule has 3 aromatic carbocycles. The first kappa shape index (κ1) is 16.5. The van der Waals surface area contributed by atoms with Gasteiger partial charge in [-0.3, -0.25) is 4.79 Å². The lowest BCUT2D eigenvalue weighted by molar-refractivity contribution is 0.0692. The van der Waals surface area contributed by atoms with Gasteiger partial charge >= 0.3 is 5.97 Å². The Balaban J connectivity index is 2.29. The molecule has 0 spiro atoms. The summed E-state index contributed by atoms with van der Waals surface area (Å²) in [6, 6.07) is 15.1. The van der Waals surface area contributed by atoms with E-state index in [4.69, 9.17) is 9.47 Å². The van der Waals surface area contributed by atoms with Crippen LogP contribution in [-0.2, 0) is 0 Å². The first-order chi connectivity index (χ1) is 12.1. The molecule has 0 amide bonds. The van der Waals surface area contributed by atoms with Gasteiger partial charge in [0.1, 0.15) is 11.5 Å². The van der Waals surface area contributed by atoms with Crippen molar-refractivity contribution in [3.63, 3.8) is 0 Å². The lowest BCUT2D eigenvalue weighted by Gasteiger charge is -2.15. The number of fused-ring (bicyclic) bond motifs is 1. The Kier molecular flexibility index (Phi) is 4.39. The van der Waals surface area contributed by atoms with Gasteiger partial charge < -0.3 is 14.6 Å². The molecule has 0 aliphatic heterocycles. The van der Waals surface area contributed by atoms with Gasteiger partial charge in [0, 0.05) is 16.3 Å². The van der Waals surface area contributed by atoms with Crippen LogP contribution in [0.2, 0.25) is 0 Å². The van der Waals surface area contributed by atoms with Gasteiger partial charge in [-0.15, -0.1) is 0 Å². The van der Waals surface area contributed by atoms with Crippen molar-refractivity contribution in [3.05, 3.63) is 71.3 Å². The average molecular weight is 336 g/mol. The highest BCUT2D eigenvalue weighted by Gasteiger charge is 2.23. The zero-order valence-corrected chi connectivity index (χ0v) is 13.8. The Labute approximate surface area is 144 Å². The van der Waals surface area contributed by atoms with Crippen LogP contribution in [0.1, 0.15) is 26.3 Å². The van der Waals surface area contributed by atoms with Gasteiger partial charge in [-0.25, -0.2) is 4.79 Å². The number of carboxylic acid groups (broad SMARTS) is 1. The van der Waals surface area contributed by atoms with Crippen LogP contribution >= 0.6 is 0 Å². The van der Waals surface area contributed by atoms with E-state index in [0.29, 0.717) is 11.5 Å². The zero-order chi connectivity index (χ0) is 18.0. The fourth-order valence-electron chi connectivity index (χ4n) is 2.89. The third kappa shape index (κ3) is 2.80. The van der Waals surface area contributed by atoms with Crippen molar-refractivity contribution in [1.29, 1.82) is 0 Å². The zero-order valence-electron chi connectivity index (χ0n) is 13.8. The monoisotopic (exact) mass is 336 g/mol. The van der Waals surface area contributed by atoms with Crippen molar-refractivity contribution >= 4 is 22.5 Å². The summed E-state index contributed by atoms with van der Waals surface area (Å²) < 4.78 is 10.9. The highest BCUT2D eigenvalue weighted by Crippen LogP contribution is 2.37. The molecule has 0 unspecified atom stereocenters. The molecular formula is C20H16O5. The number of carbonyl (C=O) groups excluding carboxylic acids is 1. The topological polar surface area (TPSA) is 72.8 Å². The summed E-state index contributed by atoms with van der Waals surface area (Å²) in [6.07, 6.45) is 0. The van der Waals surface area contributed by atoms with E-state index in [0.717, 1.165) is 10.8 Å². The molecule has 0 saturated carbocycles. The summed E-state index contributed by atoms with van der Waals surface area (Å²) in [5.41, 5.74) is 0.305. The molecule has 3 aromatic rings. The van der Waals surface area contributed by atoms with Crippen molar-refractivity contribution in [2.75, 3.05) is 14.2 Å². The number of hydrogen-bond acceptors (Lipinski definition) is 4. The Morgan fingerprint density at radius 1 is 0.800 bits per heavy atom. The van der Waals surface area contributed by atoms with Crippen molar-refractivity contribution in [3.8, 4) is 11.5 Å². The minimum atomic E-state index is -1.16. The van der Waals surface area contributed by atoms with E-state index in [9.17, 15) is 14.7 Å². The summed E-state index contributed by atoms with van der Waals surface area (Å²) in [5.74, 6) is -0.677. The summed E-state index contributed by atoms with van der Waals surface area (Å²) in [7, 11) is 3.00. The lowest BCUT2D eigenvalue weighted by Crippen LogP contribution is -2.11. The fraction of sp³-hybridized carbons (Fsp3) is 0.100. The normalized spacial score (nSPS) is 10.5. The van der Waals surface area contributed by atoms with Crippen molar-refractivity contribution in [2.24, 2.45) is 0 Å². The van der Waals surface area contributed by atoms with Crippen LogP contribution in [0.5, 0.6) is 11.5 Å². The molecule has 0 atom stereocenters. The van der Waals surface area contributed by atoms with Gasteiger partial charge in [-0.2, -0.15) is 0 Å². The molecule has 3 rings (SSSR count). The first-order valence-corrected chi connectivity index (χ1v) is 7.59. The van der Waals surface area contributed by atoms with E-state index in [1.807, 2.05) is 24.3 Å². The van der Waals surface area contributed by atoms with E-state index in [-0.39, 0.29) is 16.7 Å². The molecule has 0 bridgehead atoms. The molecule has 0 aromatic heterocycles. The van der Waals surface area contributed by atoms with E-state index in [1.54, 1.807) is 18.2 Å². The molecule has 126 valence electrons. The van der Waals surface area contributed by atoms with Gasteiger partial charge in [0.2, 0.25) is 0 Å². The number of carbonyl (C=O) groups is 2. The number of benzene rings is 3. The molecule has 0 heterocycles. The Bertz CT molecular complexity index is 975. The molecule has 25 heavy (non-hydrogen) atoms. The number of ketones is 1. The highest BCUT2D eigenvalue weighted by atomic mass is 16.5. The minimum absolute atomic E-state index is 0.0540. The molecule has 0 saturated heterocycles. The molecule has 1 N–H and O–H groups in total. The second kappa shape index (κ2) is 6.65. The van der Waals surface area contributed by atoms with Gasteiger partial charge in [0.15, 0.2) is 5.78 Å². The number of methoxy groups -OCH3 is 2. The van der Waals surface area contributed by atoms with E-state index in [2.05, 4.69) is 0 Å². The number of rotatable bonds is 5. The molecule has 0 aliphatic carbocycles. The van der Waals surface area contributed by atoms with Crippen LogP contribution in [0.15, 0.2) is 54.6 Å². The fourth-order valence-corrected chi connectivity index (χ4v) is 2.89. The first-order valence-electron chi connectivity index (χ1n) is 7.59. The highest BCUT2D eigenvalue weighted by molar-refractivity contribution is 6.18. The second-order valence-corrected chi connectivity index (χ2v) is 5.39. The quantitative estimate of drug-likeness (QED) is 0.718. The predicted molar refractivity (Wildman–Crippen MR) is 93.9 cm³/mol. The van der Waals surface area contributed by atoms with Crippen LogP contribution < -0.4 is 9.47 Å². The van der Waals surface area contributed by atoms with Crippen molar-refractivity contribution < 1.29 is 24.2 Å². The third-order valence-corrected chi connectivity index (χ3v) is 4.03. The number of hydrogen-bond donors (Lipinski definition) is 1. The Hall–Kier alpha value is -3.34. The molecule has 0 radical (unpaired) electrons. The van der Waals surface area contributed by atoms with Gasteiger partial charge in [-0.1, -0.05) is 42.5 Å². The smallest absolute Gasteiger partial charge is 0.336 e. The third-order valence-electron chi connectivity index (χ3n) is 4.03. The van der Waals surface area contributed by atoms with Crippen LogP contribution in [-0.4, -0.2) is 31.1 Å². The van der Waals surface area contributed by atoms with Crippen LogP contribution in [0.3, 0.4) is 0 Å². The number of ether oxygens (including phenoxy) is 2. The standard InChI is InChI=1S/C20H16O5/c1-24-17-11-16(19(25-2)14-9-5-3-7-12(14)17)18(21)13-8-4-6-10-15(13)20(22)23/h3-11H,1-2H3,(H,22,23).